The van der Waals surface area contributed by atoms with Gasteiger partial charge in [0, 0.05) is 12.5 Å². The first kappa shape index (κ1) is 16.0. The number of hydrogen-bond donors (Lipinski definition) is 3. The smallest absolute Gasteiger partial charge is 0.333 e. The minimum absolute atomic E-state index is 0.331. The van der Waals surface area contributed by atoms with Gasteiger partial charge in [-0.25, -0.2) is 14.9 Å². The first-order valence-corrected chi connectivity index (χ1v) is 8.10. The fraction of sp³-hybridized carbons (Fsp3) is 0.353. The summed E-state index contributed by atoms with van der Waals surface area (Å²) in [5.74, 6) is -0.0275. The number of rotatable bonds is 4. The van der Waals surface area contributed by atoms with Crippen LogP contribution in [0.15, 0.2) is 30.5 Å². The molecule has 0 spiro atoms. The summed E-state index contributed by atoms with van der Waals surface area (Å²) in [5, 5.41) is 6.98. The Bertz CT molecular complexity index is 764. The highest BCUT2D eigenvalue weighted by Gasteiger charge is 2.33. The minimum atomic E-state index is -0.440. The molecule has 0 radical (unpaired) electrons. The lowest BCUT2D eigenvalue weighted by Gasteiger charge is -2.12. The lowest BCUT2D eigenvalue weighted by atomic mass is 10.1. The molecule has 0 bridgehead atoms. The zero-order chi connectivity index (χ0) is 17.1. The lowest BCUT2D eigenvalue weighted by molar-refractivity contribution is 0.0935. The number of hydrogen-bond acceptors (Lipinski definition) is 3. The Hall–Kier alpha value is -2.83. The number of nitrogens with zero attached hydrogens (tertiary/aromatic N) is 2. The van der Waals surface area contributed by atoms with Crippen LogP contribution in [0.4, 0.5) is 4.79 Å². The number of benzene rings is 1. The van der Waals surface area contributed by atoms with E-state index in [4.69, 9.17) is 0 Å². The molecule has 1 aliphatic carbocycles. The Labute approximate surface area is 140 Å². The van der Waals surface area contributed by atoms with Crippen LogP contribution in [-0.4, -0.2) is 28.3 Å². The second-order valence-corrected chi connectivity index (χ2v) is 5.85. The molecule has 1 heterocycles. The third kappa shape index (κ3) is 3.24. The van der Waals surface area contributed by atoms with E-state index in [1.807, 2.05) is 35.9 Å². The summed E-state index contributed by atoms with van der Waals surface area (Å²) < 4.78 is 1.84. The van der Waals surface area contributed by atoms with E-state index >= 15 is 0 Å². The largest absolute Gasteiger partial charge is 0.337 e. The van der Waals surface area contributed by atoms with E-state index in [1.165, 1.54) is 0 Å². The molecule has 1 aromatic heterocycles. The van der Waals surface area contributed by atoms with Gasteiger partial charge < -0.3 is 5.32 Å². The van der Waals surface area contributed by atoms with E-state index in [1.54, 1.807) is 13.1 Å². The maximum absolute atomic E-state index is 12.4. The van der Waals surface area contributed by atoms with Crippen molar-refractivity contribution in [2.24, 2.45) is 0 Å². The molecule has 7 nitrogen and oxygen atoms in total. The quantitative estimate of drug-likeness (QED) is 0.751. The first-order chi connectivity index (χ1) is 11.6. The molecule has 7 heteroatoms. The molecule has 1 fully saturated rings. The Morgan fingerprint density at radius 3 is 2.67 bits per heavy atom. The van der Waals surface area contributed by atoms with Gasteiger partial charge in [-0.15, -0.1) is 0 Å². The van der Waals surface area contributed by atoms with Crippen molar-refractivity contribution in [2.45, 2.75) is 32.6 Å². The van der Waals surface area contributed by atoms with Gasteiger partial charge in [-0.2, -0.15) is 5.10 Å². The van der Waals surface area contributed by atoms with Gasteiger partial charge in [0.05, 0.1) is 23.1 Å². The summed E-state index contributed by atoms with van der Waals surface area (Å²) in [6.07, 6.45) is 3.65. The summed E-state index contributed by atoms with van der Waals surface area (Å²) in [6, 6.07) is 7.50. The van der Waals surface area contributed by atoms with E-state index in [0.717, 1.165) is 29.8 Å². The molecule has 0 unspecified atom stereocenters. The minimum Gasteiger partial charge on any atom is -0.337 e. The Morgan fingerprint density at radius 2 is 2.00 bits per heavy atom. The number of aromatic nitrogens is 2. The van der Waals surface area contributed by atoms with Gasteiger partial charge in [0.2, 0.25) is 0 Å². The van der Waals surface area contributed by atoms with Crippen LogP contribution in [0.25, 0.3) is 5.69 Å². The number of hydrazine groups is 1. The molecule has 1 saturated carbocycles. The molecular weight excluding hydrogens is 306 g/mol. The standard InChI is InChI=1S/C17H21N5O2/c1-3-18-17(24)21-20-16(23)13-10-19-22(15(13)12-8-9-12)14-7-5-4-6-11(14)2/h4-7,10,12H,3,8-9H2,1-2H3,(H,20,23)(H2,18,21,24). The highest BCUT2D eigenvalue weighted by molar-refractivity contribution is 5.96. The second kappa shape index (κ2) is 6.74. The van der Waals surface area contributed by atoms with E-state index in [9.17, 15) is 9.59 Å². The highest BCUT2D eigenvalue weighted by atomic mass is 16.2. The zero-order valence-corrected chi connectivity index (χ0v) is 13.8. The molecule has 3 rings (SSSR count). The molecule has 3 amide bonds. The molecule has 0 aliphatic heterocycles. The maximum Gasteiger partial charge on any atom is 0.333 e. The fourth-order valence-corrected chi connectivity index (χ4v) is 2.66. The average Bonchev–Trinajstić information content (AvgIpc) is 3.32. The van der Waals surface area contributed by atoms with Gasteiger partial charge in [0.25, 0.3) is 5.91 Å². The molecule has 0 atom stereocenters. The van der Waals surface area contributed by atoms with Gasteiger partial charge in [0.15, 0.2) is 0 Å². The number of carbonyl (C=O) groups excluding carboxylic acids is 2. The van der Waals surface area contributed by atoms with Crippen LogP contribution >= 0.6 is 0 Å². The van der Waals surface area contributed by atoms with Crippen LogP contribution in [0.5, 0.6) is 0 Å². The van der Waals surface area contributed by atoms with Crippen LogP contribution in [-0.2, 0) is 0 Å². The number of aryl methyl sites for hydroxylation is 1. The third-order valence-corrected chi connectivity index (χ3v) is 3.99. The molecule has 126 valence electrons. The van der Waals surface area contributed by atoms with Crippen LogP contribution in [0.2, 0.25) is 0 Å². The summed E-state index contributed by atoms with van der Waals surface area (Å²) in [5.41, 5.74) is 8.23. The summed E-state index contributed by atoms with van der Waals surface area (Å²) in [4.78, 5) is 23.9. The number of para-hydroxylation sites is 1. The molecule has 1 aliphatic rings. The number of nitrogens with one attached hydrogen (secondary N) is 3. The third-order valence-electron chi connectivity index (χ3n) is 3.99. The molecule has 3 N–H and O–H groups in total. The summed E-state index contributed by atoms with van der Waals surface area (Å²) in [6.45, 7) is 4.31. The summed E-state index contributed by atoms with van der Waals surface area (Å²) in [7, 11) is 0. The molecular formula is C17H21N5O2. The van der Waals surface area contributed by atoms with Crippen LogP contribution < -0.4 is 16.2 Å². The fourth-order valence-electron chi connectivity index (χ4n) is 2.66. The number of amides is 3. The van der Waals surface area contributed by atoms with Gasteiger partial charge in [-0.05, 0) is 38.3 Å². The highest BCUT2D eigenvalue weighted by Crippen LogP contribution is 2.42. The van der Waals surface area contributed by atoms with Gasteiger partial charge in [-0.3, -0.25) is 10.2 Å². The Balaban J connectivity index is 1.86. The van der Waals surface area contributed by atoms with Gasteiger partial charge >= 0.3 is 6.03 Å². The van der Waals surface area contributed by atoms with Crippen LogP contribution in [0.3, 0.4) is 0 Å². The van der Waals surface area contributed by atoms with E-state index < -0.39 is 6.03 Å². The van der Waals surface area contributed by atoms with Crippen molar-refractivity contribution in [1.82, 2.24) is 25.9 Å². The predicted molar refractivity (Wildman–Crippen MR) is 90.0 cm³/mol. The average molecular weight is 327 g/mol. The van der Waals surface area contributed by atoms with Crippen molar-refractivity contribution in [2.75, 3.05) is 6.54 Å². The van der Waals surface area contributed by atoms with E-state index in [2.05, 4.69) is 21.3 Å². The molecule has 0 saturated heterocycles. The molecule has 24 heavy (non-hydrogen) atoms. The zero-order valence-electron chi connectivity index (χ0n) is 13.8. The van der Waals surface area contributed by atoms with Crippen molar-refractivity contribution >= 4 is 11.9 Å². The lowest BCUT2D eigenvalue weighted by Crippen LogP contribution is -2.47. The number of urea groups is 1. The van der Waals surface area contributed by atoms with Gasteiger partial charge in [0.1, 0.15) is 0 Å². The molecule has 1 aromatic carbocycles. The molecule has 2 aromatic rings. The monoisotopic (exact) mass is 327 g/mol. The van der Waals surface area contributed by atoms with E-state index in [0.29, 0.717) is 18.0 Å². The van der Waals surface area contributed by atoms with E-state index in [-0.39, 0.29) is 5.91 Å². The predicted octanol–water partition coefficient (Wildman–Crippen LogP) is 2.02. The van der Waals surface area contributed by atoms with Crippen molar-refractivity contribution in [3.63, 3.8) is 0 Å². The normalized spacial score (nSPS) is 13.4. The van der Waals surface area contributed by atoms with Crippen LogP contribution in [0.1, 0.15) is 47.3 Å². The topological polar surface area (TPSA) is 88.1 Å². The van der Waals surface area contributed by atoms with Gasteiger partial charge in [-0.1, -0.05) is 18.2 Å². The Morgan fingerprint density at radius 1 is 1.25 bits per heavy atom. The maximum atomic E-state index is 12.4. The van der Waals surface area contributed by atoms with Crippen molar-refractivity contribution < 1.29 is 9.59 Å². The summed E-state index contributed by atoms with van der Waals surface area (Å²) >= 11 is 0. The van der Waals surface area contributed by atoms with Crippen molar-refractivity contribution in [1.29, 1.82) is 0 Å². The SMILES string of the molecule is CCNC(=O)NNC(=O)c1cnn(-c2ccccc2C)c1C1CC1. The Kier molecular flexibility index (Phi) is 4.50. The first-order valence-electron chi connectivity index (χ1n) is 8.10. The number of carbonyl (C=O) groups is 2. The van der Waals surface area contributed by atoms with Crippen LogP contribution in [0, 0.1) is 6.92 Å². The van der Waals surface area contributed by atoms with Crippen molar-refractivity contribution in [3.05, 3.63) is 47.3 Å². The van der Waals surface area contributed by atoms with Crippen molar-refractivity contribution in [3.8, 4) is 5.69 Å². The second-order valence-electron chi connectivity index (χ2n) is 5.85.